The van der Waals surface area contributed by atoms with Crippen molar-refractivity contribution in [3.63, 3.8) is 0 Å². The molecular weight excluding hydrogens is 170 g/mol. The van der Waals surface area contributed by atoms with E-state index in [1.165, 1.54) is 24.6 Å². The fraction of sp³-hybridized carbons (Fsp3) is 0.875. The third kappa shape index (κ3) is 3.97. The van der Waals surface area contributed by atoms with Gasteiger partial charge in [-0.1, -0.05) is 0 Å². The lowest BCUT2D eigenvalue weighted by atomic mass is 10.3. The molecule has 0 aromatic rings. The van der Waals surface area contributed by atoms with E-state index >= 15 is 0 Å². The van der Waals surface area contributed by atoms with Crippen LogP contribution in [-0.4, -0.2) is 41.9 Å². The summed E-state index contributed by atoms with van der Waals surface area (Å²) in [5.74, 6) is 2.85. The standard InChI is InChI=1S/C8H17N3S/c9-8(10)2-1-3-11-4-6-12-7-5-11/h1-7H2,(H3,9,10). The molecule has 0 saturated carbocycles. The van der Waals surface area contributed by atoms with Gasteiger partial charge >= 0.3 is 0 Å². The molecule has 1 aliphatic heterocycles. The first-order valence-corrected chi connectivity index (χ1v) is 5.57. The van der Waals surface area contributed by atoms with E-state index in [4.69, 9.17) is 11.1 Å². The number of hydrogen-bond donors (Lipinski definition) is 2. The van der Waals surface area contributed by atoms with Gasteiger partial charge in [-0.05, 0) is 13.0 Å². The number of nitrogens with two attached hydrogens (primary N) is 1. The van der Waals surface area contributed by atoms with Crippen LogP contribution in [0.5, 0.6) is 0 Å². The lowest BCUT2D eigenvalue weighted by Gasteiger charge is -2.25. The van der Waals surface area contributed by atoms with Gasteiger partial charge in [-0.2, -0.15) is 11.8 Å². The van der Waals surface area contributed by atoms with Gasteiger partial charge in [0.1, 0.15) is 0 Å². The average Bonchev–Trinajstić information content (AvgIpc) is 2.05. The van der Waals surface area contributed by atoms with Crippen LogP contribution in [0, 0.1) is 5.41 Å². The topological polar surface area (TPSA) is 53.1 Å². The van der Waals surface area contributed by atoms with Crippen LogP contribution in [-0.2, 0) is 0 Å². The molecule has 3 nitrogen and oxygen atoms in total. The van der Waals surface area contributed by atoms with E-state index in [2.05, 4.69) is 4.90 Å². The van der Waals surface area contributed by atoms with E-state index < -0.39 is 0 Å². The van der Waals surface area contributed by atoms with Crippen LogP contribution in [0.1, 0.15) is 12.8 Å². The van der Waals surface area contributed by atoms with Crippen LogP contribution in [0.2, 0.25) is 0 Å². The smallest absolute Gasteiger partial charge is 0.0905 e. The molecule has 0 spiro atoms. The van der Waals surface area contributed by atoms with Gasteiger partial charge in [0.15, 0.2) is 0 Å². The molecule has 0 aromatic heterocycles. The number of hydrogen-bond acceptors (Lipinski definition) is 3. The summed E-state index contributed by atoms with van der Waals surface area (Å²) < 4.78 is 0. The largest absolute Gasteiger partial charge is 0.388 e. The third-order valence-electron chi connectivity index (χ3n) is 2.02. The Labute approximate surface area is 78.2 Å². The molecule has 1 fully saturated rings. The number of amidine groups is 1. The van der Waals surface area contributed by atoms with E-state index in [1.807, 2.05) is 11.8 Å². The minimum absolute atomic E-state index is 0.321. The van der Waals surface area contributed by atoms with Crippen molar-refractivity contribution in [2.75, 3.05) is 31.1 Å². The minimum Gasteiger partial charge on any atom is -0.388 e. The Bertz CT molecular complexity index is 143. The van der Waals surface area contributed by atoms with Crippen molar-refractivity contribution < 1.29 is 0 Å². The molecule has 3 N–H and O–H groups in total. The number of nitrogens with one attached hydrogen (secondary N) is 1. The van der Waals surface area contributed by atoms with Gasteiger partial charge in [-0.3, -0.25) is 5.41 Å². The molecular formula is C8H17N3S. The van der Waals surface area contributed by atoms with Crippen LogP contribution >= 0.6 is 11.8 Å². The highest BCUT2D eigenvalue weighted by Gasteiger charge is 2.08. The predicted octanol–water partition coefficient (Wildman–Crippen LogP) is 0.751. The zero-order chi connectivity index (χ0) is 8.81. The Morgan fingerprint density at radius 2 is 2.08 bits per heavy atom. The summed E-state index contributed by atoms with van der Waals surface area (Å²) in [4.78, 5) is 2.46. The summed E-state index contributed by atoms with van der Waals surface area (Å²) in [7, 11) is 0. The Morgan fingerprint density at radius 3 is 2.67 bits per heavy atom. The fourth-order valence-electron chi connectivity index (χ4n) is 1.32. The Balaban J connectivity index is 2.01. The SMILES string of the molecule is N=C(N)CCCN1CCSCC1. The second kappa shape index (κ2) is 5.43. The molecule has 70 valence electrons. The molecule has 4 heteroatoms. The summed E-state index contributed by atoms with van der Waals surface area (Å²) >= 11 is 2.03. The Hall–Kier alpha value is -0.220. The highest BCUT2D eigenvalue weighted by Crippen LogP contribution is 2.09. The van der Waals surface area contributed by atoms with Crippen molar-refractivity contribution in [1.82, 2.24) is 4.90 Å². The number of thioether (sulfide) groups is 1. The molecule has 12 heavy (non-hydrogen) atoms. The molecule has 0 bridgehead atoms. The van der Waals surface area contributed by atoms with Gasteiger partial charge < -0.3 is 10.6 Å². The molecule has 0 aromatic carbocycles. The van der Waals surface area contributed by atoms with Gasteiger partial charge in [0, 0.05) is 31.0 Å². The normalized spacial score (nSPS) is 19.3. The van der Waals surface area contributed by atoms with Crippen LogP contribution in [0.3, 0.4) is 0 Å². The summed E-state index contributed by atoms with van der Waals surface area (Å²) in [5.41, 5.74) is 5.27. The van der Waals surface area contributed by atoms with Crippen molar-refractivity contribution in [2.24, 2.45) is 5.73 Å². The van der Waals surface area contributed by atoms with Gasteiger partial charge in [0.05, 0.1) is 5.84 Å². The van der Waals surface area contributed by atoms with Gasteiger partial charge in [-0.25, -0.2) is 0 Å². The van der Waals surface area contributed by atoms with Gasteiger partial charge in [0.25, 0.3) is 0 Å². The molecule has 0 unspecified atom stereocenters. The molecule has 0 amide bonds. The lowest BCUT2D eigenvalue weighted by molar-refractivity contribution is 0.300. The first-order valence-electron chi connectivity index (χ1n) is 4.42. The maximum absolute atomic E-state index is 7.07. The third-order valence-corrected chi connectivity index (χ3v) is 2.97. The van der Waals surface area contributed by atoms with Gasteiger partial charge in [0.2, 0.25) is 0 Å². The number of nitrogens with zero attached hydrogens (tertiary/aromatic N) is 1. The molecule has 1 rings (SSSR count). The second-order valence-corrected chi connectivity index (χ2v) is 4.31. The first kappa shape index (κ1) is 9.86. The van der Waals surface area contributed by atoms with Crippen molar-refractivity contribution in [3.05, 3.63) is 0 Å². The van der Waals surface area contributed by atoms with Crippen LogP contribution < -0.4 is 5.73 Å². The molecule has 1 saturated heterocycles. The zero-order valence-electron chi connectivity index (χ0n) is 7.38. The van der Waals surface area contributed by atoms with Crippen molar-refractivity contribution in [3.8, 4) is 0 Å². The monoisotopic (exact) mass is 187 g/mol. The summed E-state index contributed by atoms with van der Waals surface area (Å²) in [6.07, 6.45) is 1.80. The zero-order valence-corrected chi connectivity index (χ0v) is 8.20. The minimum atomic E-state index is 0.321. The summed E-state index contributed by atoms with van der Waals surface area (Å²) in [6, 6.07) is 0. The highest BCUT2D eigenvalue weighted by molar-refractivity contribution is 7.99. The Kier molecular flexibility index (Phi) is 4.46. The number of rotatable bonds is 4. The summed E-state index contributed by atoms with van der Waals surface area (Å²) in [5, 5.41) is 7.07. The average molecular weight is 187 g/mol. The van der Waals surface area contributed by atoms with E-state index in [0.29, 0.717) is 5.84 Å². The molecule has 1 aliphatic rings. The van der Waals surface area contributed by atoms with Crippen LogP contribution in [0.4, 0.5) is 0 Å². The second-order valence-electron chi connectivity index (χ2n) is 3.08. The van der Waals surface area contributed by atoms with Crippen molar-refractivity contribution in [2.45, 2.75) is 12.8 Å². The molecule has 1 heterocycles. The lowest BCUT2D eigenvalue weighted by Crippen LogP contribution is -2.33. The maximum atomic E-state index is 7.07. The van der Waals surface area contributed by atoms with Crippen molar-refractivity contribution in [1.29, 1.82) is 5.41 Å². The van der Waals surface area contributed by atoms with Crippen LogP contribution in [0.25, 0.3) is 0 Å². The van der Waals surface area contributed by atoms with E-state index in [1.54, 1.807) is 0 Å². The van der Waals surface area contributed by atoms with E-state index in [9.17, 15) is 0 Å². The summed E-state index contributed by atoms with van der Waals surface area (Å²) in [6.45, 7) is 3.53. The molecule has 0 radical (unpaired) electrons. The van der Waals surface area contributed by atoms with Crippen LogP contribution in [0.15, 0.2) is 0 Å². The Morgan fingerprint density at radius 1 is 1.42 bits per heavy atom. The first-order chi connectivity index (χ1) is 5.79. The highest BCUT2D eigenvalue weighted by atomic mass is 32.2. The van der Waals surface area contributed by atoms with Gasteiger partial charge in [-0.15, -0.1) is 0 Å². The van der Waals surface area contributed by atoms with E-state index in [-0.39, 0.29) is 0 Å². The predicted molar refractivity (Wildman–Crippen MR) is 54.9 cm³/mol. The fourth-order valence-corrected chi connectivity index (χ4v) is 2.30. The quantitative estimate of drug-likeness (QED) is 0.504. The maximum Gasteiger partial charge on any atom is 0.0905 e. The molecule has 0 atom stereocenters. The van der Waals surface area contributed by atoms with Crippen molar-refractivity contribution >= 4 is 17.6 Å². The van der Waals surface area contributed by atoms with E-state index in [0.717, 1.165) is 19.4 Å². The molecule has 0 aliphatic carbocycles.